The molecule has 2 aliphatic heterocycles. The van der Waals surface area contributed by atoms with Gasteiger partial charge in [0.05, 0.1) is 0 Å². The summed E-state index contributed by atoms with van der Waals surface area (Å²) in [5.41, 5.74) is 0. The third kappa shape index (κ3) is 4.96. The third-order valence-corrected chi connectivity index (χ3v) is 2.62. The standard InChI is InChI=1S/C8H15N2.Al.4FH/c1-9-5-3-7-10-6-2-4-8(9)10;;;;;/h7-8H,2-6H2,1H3;;4*1H/q+1;+3;;;;/p-4. The van der Waals surface area contributed by atoms with Crippen LogP contribution in [0.5, 0.6) is 0 Å². The molecular formula is C8H15AlF4N2. The van der Waals surface area contributed by atoms with E-state index in [-0.39, 0.29) is 0 Å². The first-order chi connectivity index (χ1) is 6.88. The van der Waals surface area contributed by atoms with E-state index in [1.807, 2.05) is 0 Å². The Hall–Kier alpha value is -0.118. The lowest BCUT2D eigenvalue weighted by Crippen LogP contribution is -2.42. The molecule has 0 bridgehead atoms. The van der Waals surface area contributed by atoms with Crippen LogP contribution in [-0.4, -0.2) is 56.9 Å². The minimum Gasteiger partial charge on any atom is -0.510 e. The van der Waals surface area contributed by atoms with Gasteiger partial charge >= 0.3 is 14.9 Å². The van der Waals surface area contributed by atoms with E-state index in [4.69, 9.17) is 0 Å². The highest BCUT2D eigenvalue weighted by molar-refractivity contribution is 6.50. The van der Waals surface area contributed by atoms with E-state index in [2.05, 4.69) is 22.7 Å². The molecule has 88 valence electrons. The zero-order chi connectivity index (χ0) is 11.5. The van der Waals surface area contributed by atoms with Crippen LogP contribution in [0.1, 0.15) is 19.3 Å². The van der Waals surface area contributed by atoms with Gasteiger partial charge in [0.2, 0.25) is 6.17 Å². The molecule has 0 aliphatic carbocycles. The van der Waals surface area contributed by atoms with Crippen molar-refractivity contribution in [2.24, 2.45) is 0 Å². The SMILES string of the molecule is CN1CCC=[N+]2CCCC12.[F][Al-]([F])([F])[F]. The van der Waals surface area contributed by atoms with E-state index in [1.165, 1.54) is 32.4 Å². The van der Waals surface area contributed by atoms with Crippen LogP contribution in [-0.2, 0) is 0 Å². The Balaban J connectivity index is 0.000000195. The van der Waals surface area contributed by atoms with Crippen LogP contribution in [0.2, 0.25) is 0 Å². The maximum atomic E-state index is 9.85. The average molecular weight is 242 g/mol. The van der Waals surface area contributed by atoms with Crippen molar-refractivity contribution in [2.45, 2.75) is 25.4 Å². The molecule has 0 N–H and O–H groups in total. The second kappa shape index (κ2) is 5.28. The van der Waals surface area contributed by atoms with E-state index in [9.17, 15) is 14.1 Å². The lowest BCUT2D eigenvalue weighted by atomic mass is 10.2. The summed E-state index contributed by atoms with van der Waals surface area (Å²) in [7, 11) is 2.23. The first-order valence-electron chi connectivity index (χ1n) is 5.04. The molecule has 0 saturated carbocycles. The Morgan fingerprint density at radius 3 is 2.47 bits per heavy atom. The van der Waals surface area contributed by atoms with E-state index >= 15 is 0 Å². The largest absolute Gasteiger partial charge is 1.04 e. The number of halogens is 4. The zero-order valence-corrected chi connectivity index (χ0v) is 9.83. The smallest absolute Gasteiger partial charge is 0.510 e. The lowest BCUT2D eigenvalue weighted by molar-refractivity contribution is -0.569. The van der Waals surface area contributed by atoms with Gasteiger partial charge in [0.15, 0.2) is 0 Å². The zero-order valence-electron chi connectivity index (χ0n) is 8.67. The number of hydrogen-bond donors (Lipinski definition) is 0. The molecule has 0 aromatic rings. The number of nitrogens with zero attached hydrogens (tertiary/aromatic N) is 2. The summed E-state index contributed by atoms with van der Waals surface area (Å²) in [6, 6.07) is 0. The molecule has 2 nitrogen and oxygen atoms in total. The molecule has 1 atom stereocenters. The molecule has 2 heterocycles. The van der Waals surface area contributed by atoms with E-state index in [0.717, 1.165) is 6.17 Å². The Kier molecular flexibility index (Phi) is 4.56. The fourth-order valence-electron chi connectivity index (χ4n) is 2.03. The normalized spacial score (nSPS) is 26.5. The molecule has 2 rings (SSSR count). The van der Waals surface area contributed by atoms with Gasteiger partial charge in [-0.25, -0.2) is 9.48 Å². The van der Waals surface area contributed by atoms with Crippen molar-refractivity contribution in [3.63, 3.8) is 0 Å². The average Bonchev–Trinajstić information content (AvgIpc) is 2.49. The van der Waals surface area contributed by atoms with Crippen molar-refractivity contribution in [1.29, 1.82) is 0 Å². The van der Waals surface area contributed by atoms with Crippen LogP contribution in [0.15, 0.2) is 0 Å². The first kappa shape index (κ1) is 12.9. The van der Waals surface area contributed by atoms with Crippen molar-refractivity contribution in [3.8, 4) is 0 Å². The molecule has 7 heteroatoms. The van der Waals surface area contributed by atoms with Gasteiger partial charge in [0.1, 0.15) is 12.8 Å². The van der Waals surface area contributed by atoms with Gasteiger partial charge < -0.3 is 14.1 Å². The van der Waals surface area contributed by atoms with Crippen molar-refractivity contribution < 1.29 is 18.7 Å². The minimum atomic E-state index is -6.83. The van der Waals surface area contributed by atoms with Crippen LogP contribution in [0.3, 0.4) is 0 Å². The molecule has 1 unspecified atom stereocenters. The number of hydrogen-bond acceptors (Lipinski definition) is 1. The summed E-state index contributed by atoms with van der Waals surface area (Å²) >= 11 is -6.83. The fraction of sp³-hybridized carbons (Fsp3) is 0.875. The van der Waals surface area contributed by atoms with Gasteiger partial charge in [-0.3, -0.25) is 0 Å². The molecular weight excluding hydrogens is 227 g/mol. The molecule has 1 saturated heterocycles. The summed E-state index contributed by atoms with van der Waals surface area (Å²) in [4.78, 5) is 2.47. The first-order valence-corrected chi connectivity index (χ1v) is 6.79. The third-order valence-electron chi connectivity index (χ3n) is 2.62. The highest BCUT2D eigenvalue weighted by Crippen LogP contribution is 2.17. The van der Waals surface area contributed by atoms with Crippen molar-refractivity contribution in [3.05, 3.63) is 0 Å². The van der Waals surface area contributed by atoms with Crippen molar-refractivity contribution in [2.75, 3.05) is 20.1 Å². The highest BCUT2D eigenvalue weighted by Gasteiger charge is 2.41. The van der Waals surface area contributed by atoms with Crippen molar-refractivity contribution in [1.82, 2.24) is 4.90 Å². The highest BCUT2D eigenvalue weighted by atomic mass is 27.5. The Morgan fingerprint density at radius 1 is 1.33 bits per heavy atom. The van der Waals surface area contributed by atoms with Crippen LogP contribution in [0.25, 0.3) is 0 Å². The van der Waals surface area contributed by atoms with Gasteiger partial charge in [-0.2, -0.15) is 0 Å². The quantitative estimate of drug-likeness (QED) is 0.357. The maximum absolute atomic E-state index is 9.85. The molecule has 0 amide bonds. The van der Waals surface area contributed by atoms with Crippen molar-refractivity contribution >= 4 is 21.1 Å². The summed E-state index contributed by atoms with van der Waals surface area (Å²) in [6.45, 7) is 2.54. The second-order valence-electron chi connectivity index (χ2n) is 3.81. The predicted octanol–water partition coefficient (Wildman–Crippen LogP) is 1.83. The van der Waals surface area contributed by atoms with Crippen LogP contribution >= 0.6 is 0 Å². The Labute approximate surface area is 90.8 Å². The molecule has 0 aromatic heterocycles. The summed E-state index contributed by atoms with van der Waals surface area (Å²) in [5, 5.41) is 0. The number of rotatable bonds is 0. The topological polar surface area (TPSA) is 6.25 Å². The van der Waals surface area contributed by atoms with Gasteiger partial charge in [-0.15, -0.1) is 0 Å². The summed E-state index contributed by atoms with van der Waals surface area (Å²) < 4.78 is 41.9. The molecule has 15 heavy (non-hydrogen) atoms. The Bertz CT molecular complexity index is 235. The second-order valence-corrected chi connectivity index (χ2v) is 4.80. The van der Waals surface area contributed by atoms with Gasteiger partial charge in [-0.05, 0) is 7.05 Å². The van der Waals surface area contributed by atoms with Crippen LogP contribution in [0.4, 0.5) is 14.1 Å². The van der Waals surface area contributed by atoms with E-state index in [1.54, 1.807) is 0 Å². The molecule has 2 aliphatic rings. The fourth-order valence-corrected chi connectivity index (χ4v) is 2.03. The van der Waals surface area contributed by atoms with E-state index in [0.29, 0.717) is 0 Å². The van der Waals surface area contributed by atoms with Gasteiger partial charge in [0.25, 0.3) is 0 Å². The number of fused-ring (bicyclic) bond motifs is 1. The molecule has 0 radical (unpaired) electrons. The van der Waals surface area contributed by atoms with Gasteiger partial charge in [0, 0.05) is 25.8 Å². The van der Waals surface area contributed by atoms with E-state index < -0.39 is 14.9 Å². The maximum Gasteiger partial charge on any atom is 1.04 e. The monoisotopic (exact) mass is 242 g/mol. The molecule has 1 fully saturated rings. The van der Waals surface area contributed by atoms with Crippen LogP contribution < -0.4 is 0 Å². The van der Waals surface area contributed by atoms with Gasteiger partial charge in [-0.1, -0.05) is 0 Å². The van der Waals surface area contributed by atoms with Crippen LogP contribution in [0, 0.1) is 0 Å². The lowest BCUT2D eigenvalue weighted by Gasteiger charge is -2.23. The Morgan fingerprint density at radius 2 is 1.93 bits per heavy atom. The summed E-state index contributed by atoms with van der Waals surface area (Å²) in [6.07, 6.45) is 7.11. The predicted molar refractivity (Wildman–Crippen MR) is 51.6 cm³/mol. The molecule has 0 aromatic carbocycles. The molecule has 0 spiro atoms. The summed E-state index contributed by atoms with van der Waals surface area (Å²) in [5.74, 6) is 0. The minimum absolute atomic E-state index is 0.744.